The Balaban J connectivity index is 2.50. The van der Waals surface area contributed by atoms with Crippen LogP contribution in [0.2, 0.25) is 0 Å². The zero-order chi connectivity index (χ0) is 9.19. The first kappa shape index (κ1) is 10.2. The molecule has 0 saturated heterocycles. The second kappa shape index (κ2) is 3.89. The Bertz CT molecular complexity index is 186. The van der Waals surface area contributed by atoms with Crippen LogP contribution in [0, 0.1) is 5.92 Å². The molecule has 0 aliphatic heterocycles. The molecule has 0 aromatic rings. The minimum absolute atomic E-state index is 0.213. The topological polar surface area (TPSA) is 26.3 Å². The van der Waals surface area contributed by atoms with Gasteiger partial charge in [0.15, 0.2) is 0 Å². The minimum Gasteiger partial charge on any atom is -0.469 e. The van der Waals surface area contributed by atoms with Gasteiger partial charge < -0.3 is 4.74 Å². The average Bonchev–Trinajstić information content (AvgIpc) is 2.48. The zero-order valence-corrected chi connectivity index (χ0v) is 9.14. The molecule has 12 heavy (non-hydrogen) atoms. The lowest BCUT2D eigenvalue weighted by Crippen LogP contribution is -2.22. The van der Waals surface area contributed by atoms with Gasteiger partial charge in [-0.1, -0.05) is 22.6 Å². The van der Waals surface area contributed by atoms with E-state index in [2.05, 4.69) is 4.74 Å². The molecule has 1 aliphatic rings. The molecule has 0 bridgehead atoms. The van der Waals surface area contributed by atoms with Gasteiger partial charge in [0, 0.05) is 4.43 Å². The van der Waals surface area contributed by atoms with Crippen LogP contribution < -0.4 is 0 Å². The number of carbonyl (C=O) groups excluding carboxylic acids is 1. The van der Waals surface area contributed by atoms with E-state index in [1.54, 1.807) is 0 Å². The van der Waals surface area contributed by atoms with Gasteiger partial charge in [-0.05, 0) is 19.3 Å². The van der Waals surface area contributed by atoms with E-state index in [1.165, 1.54) is 7.11 Å². The quantitative estimate of drug-likeness (QED) is 0.441. The van der Waals surface area contributed by atoms with Gasteiger partial charge in [0.25, 0.3) is 0 Å². The Morgan fingerprint density at radius 2 is 2.50 bits per heavy atom. The highest BCUT2D eigenvalue weighted by atomic mass is 127. The fraction of sp³-hybridized carbons (Fsp3) is 0.875. The van der Waals surface area contributed by atoms with Gasteiger partial charge >= 0.3 is 5.97 Å². The maximum absolute atomic E-state index is 13.6. The van der Waals surface area contributed by atoms with Crippen LogP contribution in [0.1, 0.15) is 19.3 Å². The van der Waals surface area contributed by atoms with Gasteiger partial charge in [-0.2, -0.15) is 0 Å². The normalized spacial score (nSPS) is 35.1. The summed E-state index contributed by atoms with van der Waals surface area (Å²) in [5.74, 6) is -0.478. The summed E-state index contributed by atoms with van der Waals surface area (Å²) in [7, 11) is 1.35. The molecule has 1 aliphatic carbocycles. The molecule has 2 atom stereocenters. The molecule has 4 heteroatoms. The Kier molecular flexibility index (Phi) is 3.31. The summed E-state index contributed by atoms with van der Waals surface area (Å²) in [6, 6.07) is 0. The number of methoxy groups -OCH3 is 1. The van der Waals surface area contributed by atoms with Crippen molar-refractivity contribution >= 4 is 28.6 Å². The van der Waals surface area contributed by atoms with Crippen LogP contribution in [0.3, 0.4) is 0 Å². The van der Waals surface area contributed by atoms with Gasteiger partial charge in [-0.25, -0.2) is 4.39 Å². The molecule has 70 valence electrons. The molecule has 0 spiro atoms. The maximum Gasteiger partial charge on any atom is 0.308 e. The second-order valence-electron chi connectivity index (χ2n) is 3.25. The smallest absolute Gasteiger partial charge is 0.308 e. The highest BCUT2D eigenvalue weighted by Crippen LogP contribution is 2.39. The van der Waals surface area contributed by atoms with Gasteiger partial charge in [-0.3, -0.25) is 4.79 Å². The third kappa shape index (κ3) is 2.08. The molecule has 0 heterocycles. The van der Waals surface area contributed by atoms with Gasteiger partial charge in [-0.15, -0.1) is 0 Å². The van der Waals surface area contributed by atoms with Crippen molar-refractivity contribution in [2.75, 3.05) is 11.5 Å². The van der Waals surface area contributed by atoms with E-state index in [0.717, 1.165) is 0 Å². The van der Waals surface area contributed by atoms with Crippen molar-refractivity contribution in [1.82, 2.24) is 0 Å². The summed E-state index contributed by atoms with van der Waals surface area (Å²) in [6.07, 6.45) is 1.46. The van der Waals surface area contributed by atoms with Crippen molar-refractivity contribution < 1.29 is 13.9 Å². The number of carbonyl (C=O) groups is 1. The Hall–Kier alpha value is 0.130. The fourth-order valence-electron chi connectivity index (χ4n) is 1.57. The summed E-state index contributed by atoms with van der Waals surface area (Å²) < 4.78 is 18.6. The number of ether oxygens (including phenoxy) is 1. The molecule has 1 rings (SSSR count). The molecule has 2 nitrogen and oxygen atoms in total. The van der Waals surface area contributed by atoms with Crippen LogP contribution in [-0.2, 0) is 9.53 Å². The molecule has 0 aromatic carbocycles. The standard InChI is InChI=1S/C8H12FIO2/c1-12-7(11)6-2-3-8(9,4-6)5-10/h6H,2-5H2,1H3/t6-,8-/m1/s1. The van der Waals surface area contributed by atoms with E-state index in [0.29, 0.717) is 23.7 Å². The largest absolute Gasteiger partial charge is 0.469 e. The van der Waals surface area contributed by atoms with Crippen LogP contribution in [0.25, 0.3) is 0 Å². The monoisotopic (exact) mass is 286 g/mol. The number of hydrogen-bond acceptors (Lipinski definition) is 2. The number of alkyl halides is 2. The van der Waals surface area contributed by atoms with Crippen LogP contribution in [0.5, 0.6) is 0 Å². The summed E-state index contributed by atoms with van der Waals surface area (Å²) in [6.45, 7) is 0. The predicted molar refractivity (Wildman–Crippen MR) is 52.1 cm³/mol. The second-order valence-corrected chi connectivity index (χ2v) is 4.01. The molecular weight excluding hydrogens is 274 g/mol. The number of esters is 1. The number of hydrogen-bond donors (Lipinski definition) is 0. The minimum atomic E-state index is -1.13. The van der Waals surface area contributed by atoms with Crippen LogP contribution in [0.4, 0.5) is 4.39 Å². The molecule has 1 saturated carbocycles. The SMILES string of the molecule is COC(=O)[C@@H]1CC[C@](F)(CI)C1. The lowest BCUT2D eigenvalue weighted by Gasteiger charge is -2.15. The third-order valence-electron chi connectivity index (χ3n) is 2.33. The zero-order valence-electron chi connectivity index (χ0n) is 6.98. The Labute approximate surface area is 85.0 Å². The summed E-state index contributed by atoms with van der Waals surface area (Å²) in [5, 5.41) is 0. The third-order valence-corrected chi connectivity index (χ3v) is 3.69. The van der Waals surface area contributed by atoms with Crippen molar-refractivity contribution in [3.63, 3.8) is 0 Å². The van der Waals surface area contributed by atoms with E-state index < -0.39 is 5.67 Å². The van der Waals surface area contributed by atoms with Crippen LogP contribution >= 0.6 is 22.6 Å². The first-order chi connectivity index (χ1) is 5.61. The molecular formula is C8H12FIO2. The Morgan fingerprint density at radius 1 is 1.83 bits per heavy atom. The van der Waals surface area contributed by atoms with Crippen molar-refractivity contribution in [2.24, 2.45) is 5.92 Å². The van der Waals surface area contributed by atoms with Crippen molar-refractivity contribution in [1.29, 1.82) is 0 Å². The van der Waals surface area contributed by atoms with Crippen molar-refractivity contribution in [3.8, 4) is 0 Å². The number of halogens is 2. The molecule has 0 unspecified atom stereocenters. The van der Waals surface area contributed by atoms with E-state index in [1.807, 2.05) is 22.6 Å². The molecule has 0 aromatic heterocycles. The van der Waals surface area contributed by atoms with E-state index in [-0.39, 0.29) is 11.9 Å². The lowest BCUT2D eigenvalue weighted by molar-refractivity contribution is -0.145. The van der Waals surface area contributed by atoms with E-state index >= 15 is 0 Å². The summed E-state index contributed by atoms with van der Waals surface area (Å²) >= 11 is 2.02. The van der Waals surface area contributed by atoms with E-state index in [4.69, 9.17) is 0 Å². The fourth-order valence-corrected chi connectivity index (χ4v) is 2.26. The highest BCUT2D eigenvalue weighted by molar-refractivity contribution is 14.1. The Morgan fingerprint density at radius 3 is 2.92 bits per heavy atom. The number of rotatable bonds is 2. The van der Waals surface area contributed by atoms with E-state index in [9.17, 15) is 9.18 Å². The summed E-state index contributed by atoms with van der Waals surface area (Å²) in [5.41, 5.74) is -1.13. The lowest BCUT2D eigenvalue weighted by atomic mass is 10.0. The predicted octanol–water partition coefficient (Wildman–Crippen LogP) is 2.10. The van der Waals surface area contributed by atoms with Crippen molar-refractivity contribution in [3.05, 3.63) is 0 Å². The highest BCUT2D eigenvalue weighted by Gasteiger charge is 2.41. The average molecular weight is 286 g/mol. The van der Waals surface area contributed by atoms with Gasteiger partial charge in [0.05, 0.1) is 13.0 Å². The maximum atomic E-state index is 13.6. The first-order valence-corrected chi connectivity index (χ1v) is 5.46. The molecule has 0 radical (unpaired) electrons. The molecule has 0 N–H and O–H groups in total. The van der Waals surface area contributed by atoms with Crippen LogP contribution in [-0.4, -0.2) is 23.2 Å². The molecule has 1 fully saturated rings. The van der Waals surface area contributed by atoms with Crippen molar-refractivity contribution in [2.45, 2.75) is 24.9 Å². The van der Waals surface area contributed by atoms with Gasteiger partial charge in [0.2, 0.25) is 0 Å². The summed E-state index contributed by atoms with van der Waals surface area (Å²) in [4.78, 5) is 11.0. The molecule has 0 amide bonds. The van der Waals surface area contributed by atoms with Crippen LogP contribution in [0.15, 0.2) is 0 Å². The first-order valence-electron chi connectivity index (χ1n) is 3.94. The van der Waals surface area contributed by atoms with Gasteiger partial charge in [0.1, 0.15) is 5.67 Å².